The molecular formula is C18H17BrN2. The standard InChI is InChI=1S/C18H17BrN2/c1-12-8-18-20-17(11-21(18)10-16(12)19)15-7-6-13-4-2-3-5-14(13)9-15/h6-11H,2-5H2,1H3. The van der Waals surface area contributed by atoms with Crippen LogP contribution in [-0.2, 0) is 12.8 Å². The third kappa shape index (κ3) is 2.30. The van der Waals surface area contributed by atoms with E-state index in [0.29, 0.717) is 0 Å². The number of fused-ring (bicyclic) bond motifs is 2. The molecule has 0 unspecified atom stereocenters. The molecule has 0 saturated carbocycles. The highest BCUT2D eigenvalue weighted by Gasteiger charge is 2.12. The Morgan fingerprint density at radius 2 is 1.86 bits per heavy atom. The molecule has 3 heteroatoms. The predicted molar refractivity (Wildman–Crippen MR) is 89.7 cm³/mol. The summed E-state index contributed by atoms with van der Waals surface area (Å²) in [5.41, 5.74) is 7.53. The van der Waals surface area contributed by atoms with Gasteiger partial charge in [-0.15, -0.1) is 0 Å². The maximum atomic E-state index is 4.78. The minimum absolute atomic E-state index is 1.00. The van der Waals surface area contributed by atoms with Gasteiger partial charge in [0, 0.05) is 22.4 Å². The maximum absolute atomic E-state index is 4.78. The number of hydrogen-bond donors (Lipinski definition) is 0. The van der Waals surface area contributed by atoms with Gasteiger partial charge in [-0.3, -0.25) is 0 Å². The van der Waals surface area contributed by atoms with Crippen molar-refractivity contribution in [2.24, 2.45) is 0 Å². The molecular weight excluding hydrogens is 324 g/mol. The van der Waals surface area contributed by atoms with E-state index in [9.17, 15) is 0 Å². The Bertz CT molecular complexity index is 794. The number of halogens is 1. The lowest BCUT2D eigenvalue weighted by molar-refractivity contribution is 0.686. The van der Waals surface area contributed by atoms with E-state index < -0.39 is 0 Å². The fourth-order valence-corrected chi connectivity index (χ4v) is 3.47. The molecule has 0 bridgehead atoms. The van der Waals surface area contributed by atoms with Gasteiger partial charge in [0.1, 0.15) is 5.65 Å². The van der Waals surface area contributed by atoms with Crippen molar-refractivity contribution < 1.29 is 0 Å². The molecule has 4 rings (SSSR count). The van der Waals surface area contributed by atoms with Gasteiger partial charge in [-0.05, 0) is 77.4 Å². The van der Waals surface area contributed by atoms with Crippen molar-refractivity contribution >= 4 is 21.6 Å². The van der Waals surface area contributed by atoms with Gasteiger partial charge >= 0.3 is 0 Å². The lowest BCUT2D eigenvalue weighted by Crippen LogP contribution is -2.02. The van der Waals surface area contributed by atoms with E-state index in [1.165, 1.54) is 47.9 Å². The third-order valence-electron chi connectivity index (χ3n) is 4.38. The molecule has 3 aromatic rings. The van der Waals surface area contributed by atoms with Crippen LogP contribution in [0.1, 0.15) is 29.5 Å². The Hall–Kier alpha value is -1.61. The zero-order valence-electron chi connectivity index (χ0n) is 12.1. The van der Waals surface area contributed by atoms with E-state index in [4.69, 9.17) is 4.98 Å². The van der Waals surface area contributed by atoms with Crippen LogP contribution >= 0.6 is 15.9 Å². The van der Waals surface area contributed by atoms with Crippen molar-refractivity contribution in [2.45, 2.75) is 32.6 Å². The maximum Gasteiger partial charge on any atom is 0.137 e. The molecule has 0 saturated heterocycles. The molecule has 2 aromatic heterocycles. The van der Waals surface area contributed by atoms with E-state index in [-0.39, 0.29) is 0 Å². The molecule has 0 fully saturated rings. The fraction of sp³-hybridized carbons (Fsp3) is 0.278. The number of aryl methyl sites for hydroxylation is 3. The smallest absolute Gasteiger partial charge is 0.137 e. The van der Waals surface area contributed by atoms with Crippen LogP contribution < -0.4 is 0 Å². The van der Waals surface area contributed by atoms with Gasteiger partial charge in [-0.2, -0.15) is 0 Å². The summed E-state index contributed by atoms with van der Waals surface area (Å²) in [7, 11) is 0. The van der Waals surface area contributed by atoms with E-state index in [2.05, 4.69) is 63.9 Å². The number of imidazole rings is 1. The van der Waals surface area contributed by atoms with Gasteiger partial charge in [-0.25, -0.2) is 4.98 Å². The molecule has 1 aliphatic carbocycles. The Morgan fingerprint density at radius 1 is 1.05 bits per heavy atom. The van der Waals surface area contributed by atoms with Crippen LogP contribution in [0.3, 0.4) is 0 Å². The number of nitrogens with zero attached hydrogens (tertiary/aromatic N) is 2. The predicted octanol–water partition coefficient (Wildman–Crippen LogP) is 4.95. The second-order valence-corrected chi connectivity index (χ2v) is 6.74. The minimum atomic E-state index is 1.00. The average Bonchev–Trinajstić information content (AvgIpc) is 2.90. The number of benzene rings is 1. The monoisotopic (exact) mass is 340 g/mol. The number of pyridine rings is 1. The highest BCUT2D eigenvalue weighted by Crippen LogP contribution is 2.28. The third-order valence-corrected chi connectivity index (χ3v) is 5.21. The summed E-state index contributed by atoms with van der Waals surface area (Å²) in [6.45, 7) is 2.09. The van der Waals surface area contributed by atoms with E-state index in [1.807, 2.05) is 0 Å². The quantitative estimate of drug-likeness (QED) is 0.612. The normalized spacial score (nSPS) is 14.4. The lowest BCUT2D eigenvalue weighted by atomic mass is 9.90. The summed E-state index contributed by atoms with van der Waals surface area (Å²) in [5, 5.41) is 0. The molecule has 0 N–H and O–H groups in total. The molecule has 0 aliphatic heterocycles. The van der Waals surface area contributed by atoms with Gasteiger partial charge in [0.15, 0.2) is 0 Å². The van der Waals surface area contributed by atoms with Crippen LogP contribution in [0.4, 0.5) is 0 Å². The summed E-state index contributed by atoms with van der Waals surface area (Å²) >= 11 is 3.58. The van der Waals surface area contributed by atoms with Gasteiger partial charge in [-0.1, -0.05) is 12.1 Å². The molecule has 2 nitrogen and oxygen atoms in total. The van der Waals surface area contributed by atoms with E-state index in [1.54, 1.807) is 0 Å². The second-order valence-electron chi connectivity index (χ2n) is 5.89. The first-order valence-corrected chi connectivity index (χ1v) is 8.27. The van der Waals surface area contributed by atoms with Gasteiger partial charge in [0.2, 0.25) is 0 Å². The molecule has 0 radical (unpaired) electrons. The molecule has 0 spiro atoms. The van der Waals surface area contributed by atoms with Crippen LogP contribution in [0, 0.1) is 6.92 Å². The topological polar surface area (TPSA) is 17.3 Å². The molecule has 0 amide bonds. The van der Waals surface area contributed by atoms with Crippen molar-refractivity contribution in [3.05, 3.63) is 57.8 Å². The van der Waals surface area contributed by atoms with Gasteiger partial charge < -0.3 is 4.40 Å². The van der Waals surface area contributed by atoms with Crippen LogP contribution in [0.15, 0.2) is 41.1 Å². The zero-order valence-corrected chi connectivity index (χ0v) is 13.7. The fourth-order valence-electron chi connectivity index (χ4n) is 3.14. The second kappa shape index (κ2) is 4.99. The van der Waals surface area contributed by atoms with Crippen molar-refractivity contribution in [1.82, 2.24) is 9.38 Å². The summed E-state index contributed by atoms with van der Waals surface area (Å²) in [4.78, 5) is 4.78. The summed E-state index contributed by atoms with van der Waals surface area (Å²) in [6, 6.07) is 8.95. The highest BCUT2D eigenvalue weighted by molar-refractivity contribution is 9.10. The van der Waals surface area contributed by atoms with Crippen LogP contribution in [0.2, 0.25) is 0 Å². The van der Waals surface area contributed by atoms with Crippen LogP contribution in [-0.4, -0.2) is 9.38 Å². The van der Waals surface area contributed by atoms with Crippen LogP contribution in [0.25, 0.3) is 16.9 Å². The van der Waals surface area contributed by atoms with Crippen molar-refractivity contribution in [1.29, 1.82) is 0 Å². The van der Waals surface area contributed by atoms with E-state index >= 15 is 0 Å². The number of aromatic nitrogens is 2. The largest absolute Gasteiger partial charge is 0.305 e. The minimum Gasteiger partial charge on any atom is -0.305 e. The lowest BCUT2D eigenvalue weighted by Gasteiger charge is -2.15. The first-order valence-electron chi connectivity index (χ1n) is 7.48. The van der Waals surface area contributed by atoms with Crippen LogP contribution in [0.5, 0.6) is 0 Å². The highest BCUT2D eigenvalue weighted by atomic mass is 79.9. The number of hydrogen-bond acceptors (Lipinski definition) is 1. The van der Waals surface area contributed by atoms with Gasteiger partial charge in [0.05, 0.1) is 5.69 Å². The summed E-state index contributed by atoms with van der Waals surface area (Å²) in [6.07, 6.45) is 9.28. The van der Waals surface area contributed by atoms with Crippen molar-refractivity contribution in [3.8, 4) is 11.3 Å². The first kappa shape index (κ1) is 13.1. The molecule has 2 heterocycles. The molecule has 21 heavy (non-hydrogen) atoms. The first-order chi connectivity index (χ1) is 10.2. The molecule has 0 atom stereocenters. The molecule has 106 valence electrons. The average molecular weight is 341 g/mol. The van der Waals surface area contributed by atoms with Crippen molar-refractivity contribution in [3.63, 3.8) is 0 Å². The van der Waals surface area contributed by atoms with Crippen molar-refractivity contribution in [2.75, 3.05) is 0 Å². The zero-order chi connectivity index (χ0) is 14.4. The molecule has 1 aromatic carbocycles. The Morgan fingerprint density at radius 3 is 2.71 bits per heavy atom. The Balaban J connectivity index is 1.82. The summed E-state index contributed by atoms with van der Waals surface area (Å²) < 4.78 is 3.20. The summed E-state index contributed by atoms with van der Waals surface area (Å²) in [5.74, 6) is 0. The SMILES string of the molecule is Cc1cc2nc(-c3ccc4c(c3)CCCC4)cn2cc1Br. The molecule has 1 aliphatic rings. The van der Waals surface area contributed by atoms with E-state index in [0.717, 1.165) is 15.8 Å². The Kier molecular flexibility index (Phi) is 3.11. The van der Waals surface area contributed by atoms with Gasteiger partial charge in [0.25, 0.3) is 0 Å². The Labute approximate surface area is 133 Å². The number of rotatable bonds is 1.